The third kappa shape index (κ3) is 1.49. The maximum atomic E-state index is 10.5. The Morgan fingerprint density at radius 1 is 1.88 bits per heavy atom. The number of rotatable bonds is 0. The fraction of sp³-hybridized carbons (Fsp3) is 0.800. The highest BCUT2D eigenvalue weighted by Gasteiger charge is 2.14. The van der Waals surface area contributed by atoms with E-state index >= 15 is 0 Å². The van der Waals surface area contributed by atoms with E-state index < -0.39 is 0 Å². The molecule has 8 heavy (non-hydrogen) atoms. The lowest BCUT2D eigenvalue weighted by atomic mass is 10.5. The fourth-order valence-electron chi connectivity index (χ4n) is 0.510. The first-order valence-corrected chi connectivity index (χ1v) is 3.59. The van der Waals surface area contributed by atoms with Gasteiger partial charge in [-0.05, 0) is 6.92 Å². The molecule has 0 N–H and O–H groups in total. The first kappa shape index (κ1) is 6.11. The van der Waals surface area contributed by atoms with Gasteiger partial charge in [0.1, 0.15) is 12.0 Å². The van der Waals surface area contributed by atoms with Crippen LogP contribution in [0.2, 0.25) is 0 Å². The Kier molecular flexibility index (Phi) is 1.91. The Morgan fingerprint density at radius 2 is 2.62 bits per heavy atom. The van der Waals surface area contributed by atoms with Gasteiger partial charge in [-0.2, -0.15) is 0 Å². The largest absolute Gasteiger partial charge is 0.360 e. The molecule has 0 aromatic rings. The minimum atomic E-state index is 0.202. The number of Topliss-reactive ketones (excluding diaryl/α,β-unsaturated/α-hetero) is 1. The van der Waals surface area contributed by atoms with Crippen LogP contribution in [0.5, 0.6) is 0 Å². The van der Waals surface area contributed by atoms with E-state index in [9.17, 15) is 4.79 Å². The van der Waals surface area contributed by atoms with Gasteiger partial charge in [-0.25, -0.2) is 0 Å². The first-order valence-electron chi connectivity index (χ1n) is 2.54. The van der Waals surface area contributed by atoms with E-state index in [1.54, 1.807) is 11.8 Å². The summed E-state index contributed by atoms with van der Waals surface area (Å²) in [5.74, 6) is 0.828. The van der Waals surface area contributed by atoms with Gasteiger partial charge in [0.2, 0.25) is 0 Å². The van der Waals surface area contributed by atoms with Gasteiger partial charge in [-0.15, -0.1) is 11.8 Å². The van der Waals surface area contributed by atoms with E-state index in [1.807, 2.05) is 6.92 Å². The van der Waals surface area contributed by atoms with Gasteiger partial charge < -0.3 is 4.74 Å². The van der Waals surface area contributed by atoms with Crippen LogP contribution in [-0.2, 0) is 9.53 Å². The van der Waals surface area contributed by atoms with Crippen LogP contribution in [0.25, 0.3) is 0 Å². The lowest BCUT2D eigenvalue weighted by Gasteiger charge is -2.16. The first-order chi connectivity index (χ1) is 3.79. The molecule has 1 aliphatic rings. The second kappa shape index (κ2) is 2.51. The maximum absolute atomic E-state index is 10.5. The molecule has 1 heterocycles. The van der Waals surface area contributed by atoms with Crippen molar-refractivity contribution < 1.29 is 9.53 Å². The molecule has 1 aliphatic heterocycles. The zero-order valence-corrected chi connectivity index (χ0v) is 5.53. The number of hydrogen-bond acceptors (Lipinski definition) is 3. The normalized spacial score (nSPS) is 30.6. The van der Waals surface area contributed by atoms with Gasteiger partial charge in [-0.1, -0.05) is 0 Å². The summed E-state index contributed by atoms with van der Waals surface area (Å²) >= 11 is 1.55. The van der Waals surface area contributed by atoms with E-state index in [-0.39, 0.29) is 11.2 Å². The molecule has 0 saturated carbocycles. The van der Waals surface area contributed by atoms with E-state index in [2.05, 4.69) is 0 Å². The molecule has 3 heteroatoms. The van der Waals surface area contributed by atoms with Crippen molar-refractivity contribution in [2.75, 3.05) is 12.4 Å². The molecule has 1 atom stereocenters. The molecule has 0 amide bonds. The van der Waals surface area contributed by atoms with Crippen molar-refractivity contribution in [1.29, 1.82) is 0 Å². The quantitative estimate of drug-likeness (QED) is 0.484. The van der Waals surface area contributed by atoms with Crippen LogP contribution in [0, 0.1) is 0 Å². The monoisotopic (exact) mass is 132 g/mol. The van der Waals surface area contributed by atoms with E-state index in [4.69, 9.17) is 4.74 Å². The highest BCUT2D eigenvalue weighted by molar-refractivity contribution is 8.00. The molecule has 0 aliphatic carbocycles. The van der Waals surface area contributed by atoms with Crippen LogP contribution in [-0.4, -0.2) is 23.6 Å². The highest BCUT2D eigenvalue weighted by Crippen LogP contribution is 2.15. The molecule has 0 bridgehead atoms. The molecule has 0 radical (unpaired) electrons. The number of hydrogen-bond donors (Lipinski definition) is 0. The second-order valence-corrected chi connectivity index (χ2v) is 3.01. The predicted molar refractivity (Wildman–Crippen MR) is 32.9 cm³/mol. The van der Waals surface area contributed by atoms with Crippen LogP contribution < -0.4 is 0 Å². The summed E-state index contributed by atoms with van der Waals surface area (Å²) in [5.41, 5.74) is 0.215. The Balaban J connectivity index is 2.29. The maximum Gasteiger partial charge on any atom is 0.168 e. The van der Waals surface area contributed by atoms with E-state index in [0.29, 0.717) is 12.4 Å². The fourth-order valence-corrected chi connectivity index (χ4v) is 1.18. The van der Waals surface area contributed by atoms with Crippen molar-refractivity contribution in [2.24, 2.45) is 0 Å². The Bertz CT molecular complexity index is 92.6. The molecule has 0 spiro atoms. The lowest BCUT2D eigenvalue weighted by Crippen LogP contribution is -2.22. The van der Waals surface area contributed by atoms with E-state index in [1.165, 1.54) is 0 Å². The van der Waals surface area contributed by atoms with Crippen LogP contribution in [0.15, 0.2) is 0 Å². The average molecular weight is 132 g/mol. The molecule has 2 nitrogen and oxygen atoms in total. The average Bonchev–Trinajstić information content (AvgIpc) is 1.77. The van der Waals surface area contributed by atoms with Gasteiger partial charge in [0.15, 0.2) is 5.78 Å². The third-order valence-corrected chi connectivity index (χ3v) is 2.05. The Morgan fingerprint density at radius 3 is 3.00 bits per heavy atom. The molecule has 1 fully saturated rings. The van der Waals surface area contributed by atoms with Gasteiger partial charge in [0.25, 0.3) is 0 Å². The number of carbonyl (C=O) groups excluding carboxylic acids is 1. The van der Waals surface area contributed by atoms with Crippen molar-refractivity contribution in [2.45, 2.75) is 12.4 Å². The molecule has 1 saturated heterocycles. The highest BCUT2D eigenvalue weighted by atomic mass is 32.2. The van der Waals surface area contributed by atoms with Crippen LogP contribution in [0.4, 0.5) is 0 Å². The number of ketones is 1. The Labute approximate surface area is 52.6 Å². The number of carbonyl (C=O) groups is 1. The standard InChI is InChI=1S/C5H8O2S/c1-4-7-2-5(6)3-8-4/h4H,2-3H2,1H3. The minimum absolute atomic E-state index is 0.202. The van der Waals surface area contributed by atoms with E-state index in [0.717, 1.165) is 0 Å². The molecular weight excluding hydrogens is 124 g/mol. The summed E-state index contributed by atoms with van der Waals surface area (Å²) in [4.78, 5) is 10.5. The molecule has 1 rings (SSSR count). The van der Waals surface area contributed by atoms with Crippen LogP contribution in [0.3, 0.4) is 0 Å². The summed E-state index contributed by atoms with van der Waals surface area (Å²) in [6.07, 6.45) is 0. The van der Waals surface area contributed by atoms with Crippen LogP contribution in [0.1, 0.15) is 6.92 Å². The van der Waals surface area contributed by atoms with Gasteiger partial charge >= 0.3 is 0 Å². The van der Waals surface area contributed by atoms with Crippen molar-refractivity contribution in [3.05, 3.63) is 0 Å². The van der Waals surface area contributed by atoms with Crippen molar-refractivity contribution in [1.82, 2.24) is 0 Å². The predicted octanol–water partition coefficient (Wildman–Crippen LogP) is 0.665. The minimum Gasteiger partial charge on any atom is -0.360 e. The topological polar surface area (TPSA) is 26.3 Å². The van der Waals surface area contributed by atoms with Gasteiger partial charge in [-0.3, -0.25) is 4.79 Å². The zero-order valence-electron chi connectivity index (χ0n) is 4.72. The SMILES string of the molecule is CC1OCC(=O)CS1. The van der Waals surface area contributed by atoms with Crippen molar-refractivity contribution >= 4 is 17.5 Å². The molecule has 0 aromatic carbocycles. The summed E-state index contributed by atoms with van der Waals surface area (Å²) in [6, 6.07) is 0. The van der Waals surface area contributed by atoms with Gasteiger partial charge in [0, 0.05) is 0 Å². The summed E-state index contributed by atoms with van der Waals surface area (Å²) in [6.45, 7) is 2.27. The smallest absolute Gasteiger partial charge is 0.168 e. The summed E-state index contributed by atoms with van der Waals surface area (Å²) < 4.78 is 5.00. The lowest BCUT2D eigenvalue weighted by molar-refractivity contribution is -0.122. The molecular formula is C5H8O2S. The Hall–Kier alpha value is -0.0200. The molecule has 1 unspecified atom stereocenters. The molecule has 46 valence electrons. The van der Waals surface area contributed by atoms with Crippen LogP contribution >= 0.6 is 11.8 Å². The molecule has 0 aromatic heterocycles. The summed E-state index contributed by atoms with van der Waals surface area (Å²) in [5, 5.41) is 0. The van der Waals surface area contributed by atoms with Crippen molar-refractivity contribution in [3.63, 3.8) is 0 Å². The van der Waals surface area contributed by atoms with Crippen molar-refractivity contribution in [3.8, 4) is 0 Å². The number of thioether (sulfide) groups is 1. The second-order valence-electron chi connectivity index (χ2n) is 1.73. The zero-order chi connectivity index (χ0) is 5.98. The third-order valence-electron chi connectivity index (χ3n) is 0.958. The summed E-state index contributed by atoms with van der Waals surface area (Å²) in [7, 11) is 0. The number of ether oxygens (including phenoxy) is 1. The van der Waals surface area contributed by atoms with Gasteiger partial charge in [0.05, 0.1) is 5.75 Å².